The number of carbonyl (C=O) groups excluding carboxylic acids is 1. The maximum atomic E-state index is 13.0. The molecular formula is C27H30O. The van der Waals surface area contributed by atoms with Crippen molar-refractivity contribution in [3.05, 3.63) is 104 Å². The molecule has 0 N–H and O–H groups in total. The van der Waals surface area contributed by atoms with Crippen LogP contribution in [0.2, 0.25) is 0 Å². The monoisotopic (exact) mass is 370 g/mol. The molecule has 0 saturated carbocycles. The number of benzene rings is 3. The third-order valence-electron chi connectivity index (χ3n) is 6.00. The first kappa shape index (κ1) is 20.1. The maximum absolute atomic E-state index is 13.0. The van der Waals surface area contributed by atoms with E-state index in [0.29, 0.717) is 0 Å². The quantitative estimate of drug-likeness (QED) is 0.465. The zero-order chi connectivity index (χ0) is 20.4. The largest absolute Gasteiger partial charge is 0.289 e. The van der Waals surface area contributed by atoms with E-state index in [9.17, 15) is 4.79 Å². The van der Waals surface area contributed by atoms with Gasteiger partial charge >= 0.3 is 0 Å². The van der Waals surface area contributed by atoms with Crippen LogP contribution in [0.15, 0.2) is 48.5 Å². The van der Waals surface area contributed by atoms with Crippen molar-refractivity contribution in [2.75, 3.05) is 0 Å². The fraction of sp³-hybridized carbons (Fsp3) is 0.296. The summed E-state index contributed by atoms with van der Waals surface area (Å²) in [6.45, 7) is 12.8. The number of hydrogen-bond donors (Lipinski definition) is 0. The minimum atomic E-state index is 0.103. The molecule has 3 aromatic carbocycles. The molecule has 0 unspecified atom stereocenters. The summed E-state index contributed by atoms with van der Waals surface area (Å²) in [5, 5.41) is 0. The van der Waals surface area contributed by atoms with E-state index in [1.165, 1.54) is 38.9 Å². The summed E-state index contributed by atoms with van der Waals surface area (Å²) < 4.78 is 0. The van der Waals surface area contributed by atoms with E-state index < -0.39 is 0 Å². The molecule has 0 fully saturated rings. The highest BCUT2D eigenvalue weighted by Crippen LogP contribution is 2.21. The molecule has 0 bridgehead atoms. The van der Waals surface area contributed by atoms with Gasteiger partial charge in [0.05, 0.1) is 0 Å². The third-order valence-corrected chi connectivity index (χ3v) is 6.00. The number of carbonyl (C=O) groups is 1. The van der Waals surface area contributed by atoms with Gasteiger partial charge in [-0.3, -0.25) is 4.79 Å². The average Bonchev–Trinajstić information content (AvgIpc) is 2.66. The second-order valence-electron chi connectivity index (χ2n) is 8.13. The van der Waals surface area contributed by atoms with E-state index in [0.717, 1.165) is 29.5 Å². The Morgan fingerprint density at radius 3 is 1.68 bits per heavy atom. The summed E-state index contributed by atoms with van der Waals surface area (Å²) >= 11 is 0. The lowest BCUT2D eigenvalue weighted by molar-refractivity contribution is 0.103. The van der Waals surface area contributed by atoms with Crippen molar-refractivity contribution in [2.24, 2.45) is 0 Å². The van der Waals surface area contributed by atoms with Crippen LogP contribution in [-0.2, 0) is 12.8 Å². The Kier molecular flexibility index (Phi) is 5.84. The van der Waals surface area contributed by atoms with Crippen LogP contribution in [0.4, 0.5) is 0 Å². The van der Waals surface area contributed by atoms with E-state index in [-0.39, 0.29) is 5.78 Å². The molecule has 0 aliphatic rings. The molecule has 144 valence electrons. The minimum Gasteiger partial charge on any atom is -0.289 e. The lowest BCUT2D eigenvalue weighted by atomic mass is 9.92. The Morgan fingerprint density at radius 2 is 1.04 bits per heavy atom. The standard InChI is InChI=1S/C27H30O/c1-17-7-9-25(15-20(17)4)27(28)26-10-8-18(2)24(16-26)12-11-23-14-21(5)19(3)13-22(23)6/h7-10,13-16H,11-12H2,1-6H3. The molecule has 0 aliphatic heterocycles. The molecule has 3 aromatic rings. The van der Waals surface area contributed by atoms with E-state index in [2.05, 4.69) is 65.8 Å². The highest BCUT2D eigenvalue weighted by molar-refractivity contribution is 6.09. The molecule has 0 aliphatic carbocycles. The van der Waals surface area contributed by atoms with E-state index >= 15 is 0 Å². The number of rotatable bonds is 5. The summed E-state index contributed by atoms with van der Waals surface area (Å²) in [6, 6.07) is 16.7. The Morgan fingerprint density at radius 1 is 0.536 bits per heavy atom. The first-order valence-electron chi connectivity index (χ1n) is 10.0. The molecule has 3 rings (SSSR count). The van der Waals surface area contributed by atoms with E-state index in [1.807, 2.05) is 24.3 Å². The summed E-state index contributed by atoms with van der Waals surface area (Å²) in [5.74, 6) is 0.103. The van der Waals surface area contributed by atoms with Gasteiger partial charge < -0.3 is 0 Å². The van der Waals surface area contributed by atoms with Crippen molar-refractivity contribution in [1.82, 2.24) is 0 Å². The summed E-state index contributed by atoms with van der Waals surface area (Å²) in [5.41, 5.74) is 11.9. The van der Waals surface area contributed by atoms with E-state index in [4.69, 9.17) is 0 Å². The first-order valence-corrected chi connectivity index (χ1v) is 10.0. The van der Waals surface area contributed by atoms with Crippen molar-refractivity contribution >= 4 is 5.78 Å². The van der Waals surface area contributed by atoms with Gasteiger partial charge in [-0.05, 0) is 111 Å². The van der Waals surface area contributed by atoms with Crippen molar-refractivity contribution < 1.29 is 4.79 Å². The zero-order valence-corrected chi connectivity index (χ0v) is 17.9. The summed E-state index contributed by atoms with van der Waals surface area (Å²) in [7, 11) is 0. The molecule has 0 amide bonds. The van der Waals surface area contributed by atoms with Gasteiger partial charge in [0.2, 0.25) is 0 Å². The Balaban J connectivity index is 1.84. The van der Waals surface area contributed by atoms with Gasteiger partial charge in [0.25, 0.3) is 0 Å². The van der Waals surface area contributed by atoms with Crippen molar-refractivity contribution in [3.63, 3.8) is 0 Å². The van der Waals surface area contributed by atoms with Crippen molar-refractivity contribution in [1.29, 1.82) is 0 Å². The second kappa shape index (κ2) is 8.14. The van der Waals surface area contributed by atoms with Gasteiger partial charge in [0.15, 0.2) is 5.78 Å². The molecule has 0 radical (unpaired) electrons. The van der Waals surface area contributed by atoms with Crippen LogP contribution in [0, 0.1) is 41.5 Å². The minimum absolute atomic E-state index is 0.103. The molecule has 0 saturated heterocycles. The number of hydrogen-bond acceptors (Lipinski definition) is 1. The third kappa shape index (κ3) is 4.25. The van der Waals surface area contributed by atoms with Crippen molar-refractivity contribution in [2.45, 2.75) is 54.4 Å². The van der Waals surface area contributed by atoms with Crippen LogP contribution < -0.4 is 0 Å². The van der Waals surface area contributed by atoms with Crippen LogP contribution in [0.1, 0.15) is 60.4 Å². The first-order chi connectivity index (χ1) is 13.3. The highest BCUT2D eigenvalue weighted by atomic mass is 16.1. The van der Waals surface area contributed by atoms with Crippen LogP contribution >= 0.6 is 0 Å². The van der Waals surface area contributed by atoms with Gasteiger partial charge in [0, 0.05) is 11.1 Å². The van der Waals surface area contributed by atoms with Gasteiger partial charge in [-0.1, -0.05) is 36.4 Å². The van der Waals surface area contributed by atoms with E-state index in [1.54, 1.807) is 0 Å². The highest BCUT2D eigenvalue weighted by Gasteiger charge is 2.12. The van der Waals surface area contributed by atoms with Crippen LogP contribution in [0.3, 0.4) is 0 Å². The summed E-state index contributed by atoms with van der Waals surface area (Å²) in [4.78, 5) is 13.0. The number of ketones is 1. The number of aryl methyl sites for hydroxylation is 8. The van der Waals surface area contributed by atoms with Gasteiger partial charge in [0.1, 0.15) is 0 Å². The predicted molar refractivity (Wildman–Crippen MR) is 119 cm³/mol. The molecular weight excluding hydrogens is 340 g/mol. The SMILES string of the molecule is Cc1ccc(C(=O)c2ccc(C)c(CCc3cc(C)c(C)cc3C)c2)cc1C. The average molecular weight is 371 g/mol. The molecule has 1 nitrogen and oxygen atoms in total. The molecule has 0 aromatic heterocycles. The van der Waals surface area contributed by atoms with Gasteiger partial charge in [-0.25, -0.2) is 0 Å². The topological polar surface area (TPSA) is 17.1 Å². The van der Waals surface area contributed by atoms with Gasteiger partial charge in [-0.15, -0.1) is 0 Å². The van der Waals surface area contributed by atoms with Crippen LogP contribution in [-0.4, -0.2) is 5.78 Å². The Labute approximate surface area is 169 Å². The van der Waals surface area contributed by atoms with Crippen molar-refractivity contribution in [3.8, 4) is 0 Å². The summed E-state index contributed by atoms with van der Waals surface area (Å²) in [6.07, 6.45) is 1.94. The zero-order valence-electron chi connectivity index (χ0n) is 17.9. The van der Waals surface area contributed by atoms with Crippen LogP contribution in [0.5, 0.6) is 0 Å². The molecule has 0 spiro atoms. The maximum Gasteiger partial charge on any atom is 0.193 e. The second-order valence-corrected chi connectivity index (χ2v) is 8.13. The Hall–Kier alpha value is -2.67. The molecule has 1 heteroatoms. The molecule has 0 atom stereocenters. The molecule has 0 heterocycles. The van der Waals surface area contributed by atoms with Crippen LogP contribution in [0.25, 0.3) is 0 Å². The molecule has 28 heavy (non-hydrogen) atoms. The Bertz CT molecular complexity index is 1040. The smallest absolute Gasteiger partial charge is 0.193 e. The fourth-order valence-corrected chi connectivity index (χ4v) is 3.69. The lowest BCUT2D eigenvalue weighted by Gasteiger charge is -2.12. The predicted octanol–water partition coefficient (Wildman–Crippen LogP) is 6.55. The van der Waals surface area contributed by atoms with Gasteiger partial charge in [-0.2, -0.15) is 0 Å². The fourth-order valence-electron chi connectivity index (χ4n) is 3.69. The normalized spacial score (nSPS) is 10.9. The lowest BCUT2D eigenvalue weighted by Crippen LogP contribution is -2.05.